The molecular weight excluding hydrogens is 749 g/mol. The van der Waals surface area contributed by atoms with Crippen molar-refractivity contribution < 1.29 is 28.4 Å². The molecule has 2 aromatic carbocycles. The highest BCUT2D eigenvalue weighted by molar-refractivity contribution is 7.16. The van der Waals surface area contributed by atoms with E-state index < -0.39 is 0 Å². The van der Waals surface area contributed by atoms with E-state index in [1.807, 2.05) is 47.6 Å². The molecule has 0 aliphatic carbocycles. The minimum Gasteiger partial charge on any atom is -0.502 e. The van der Waals surface area contributed by atoms with Crippen LogP contribution < -0.4 is 24.0 Å². The van der Waals surface area contributed by atoms with Gasteiger partial charge in [-0.05, 0) is 66.6 Å². The summed E-state index contributed by atoms with van der Waals surface area (Å²) >= 11 is 4.97. The summed E-state index contributed by atoms with van der Waals surface area (Å²) < 4.78 is 35.3. The van der Waals surface area contributed by atoms with Crippen LogP contribution >= 0.6 is 34.0 Å². The molecule has 11 heteroatoms. The van der Waals surface area contributed by atoms with Gasteiger partial charge in [-0.15, -0.1) is 34.0 Å². The number of hydrogen-bond donors (Lipinski definition) is 0. The van der Waals surface area contributed by atoms with Gasteiger partial charge < -0.3 is 28.4 Å². The van der Waals surface area contributed by atoms with Crippen LogP contribution in [0.1, 0.15) is 47.2 Å². The van der Waals surface area contributed by atoms with Crippen molar-refractivity contribution in [1.82, 2.24) is 0 Å². The number of hydrogen-bond acceptors (Lipinski definition) is 11. The van der Waals surface area contributed by atoms with Gasteiger partial charge in [-0.2, -0.15) is 5.10 Å². The maximum absolute atomic E-state index is 6.13. The molecule has 5 aromatic rings. The highest BCUT2D eigenvalue weighted by atomic mass is 32.1. The van der Waals surface area contributed by atoms with Gasteiger partial charge in [-0.25, -0.2) is 0 Å². The number of nitrogens with zero attached hydrogens (tertiary/aromatic N) is 2. The van der Waals surface area contributed by atoms with Gasteiger partial charge in [-0.1, -0.05) is 67.8 Å². The Hall–Kier alpha value is -5.49. The molecule has 0 fully saturated rings. The zero-order chi connectivity index (χ0) is 37.7. The van der Waals surface area contributed by atoms with Crippen molar-refractivity contribution in [2.45, 2.75) is 12.3 Å². The van der Waals surface area contributed by atoms with Crippen LogP contribution in [0, 0.1) is 0 Å². The van der Waals surface area contributed by atoms with Gasteiger partial charge in [0.1, 0.15) is 33.0 Å². The molecule has 0 radical (unpaired) electrons. The number of allylic oxidation sites excluding steroid dienone is 1. The lowest BCUT2D eigenvalue weighted by Gasteiger charge is -2.19. The summed E-state index contributed by atoms with van der Waals surface area (Å²) in [6.45, 7) is 11.0. The van der Waals surface area contributed by atoms with Crippen molar-refractivity contribution in [2.24, 2.45) is 5.10 Å². The Balaban J connectivity index is 1.06. The number of fused-ring (bicyclic) bond motifs is 2. The standard InChI is InChI=1S/C44H42N2O6S3/c1-3-47-25-23-33(32-11-7-5-8-12-32)15-20-37-41-42(50-28-27-49-41)38(54-37)21-18-35-16-17-36(53-35)19-22-39-43-44(52-30-29-51-43)40(55-39)31-45-46(24-26-48-4-2)34-13-9-6-10-14-34/h3-22,31,33H,1-2,23-30H2. The number of hydrazone groups is 1. The predicted molar refractivity (Wildman–Crippen MR) is 229 cm³/mol. The molecule has 0 spiro atoms. The zero-order valence-corrected chi connectivity index (χ0v) is 32.8. The molecule has 0 saturated carbocycles. The van der Waals surface area contributed by atoms with Gasteiger partial charge in [0.25, 0.3) is 0 Å². The molecule has 8 nitrogen and oxygen atoms in total. The van der Waals surface area contributed by atoms with Gasteiger partial charge in [0.2, 0.25) is 0 Å². The van der Waals surface area contributed by atoms with Crippen LogP contribution in [0.2, 0.25) is 0 Å². The third-order valence-electron chi connectivity index (χ3n) is 8.62. The maximum atomic E-state index is 6.13. The van der Waals surface area contributed by atoms with E-state index in [4.69, 9.17) is 33.5 Å². The summed E-state index contributed by atoms with van der Waals surface area (Å²) in [5.74, 6) is 3.27. The highest BCUT2D eigenvalue weighted by Crippen LogP contribution is 2.47. The Morgan fingerprint density at radius 3 is 1.75 bits per heavy atom. The van der Waals surface area contributed by atoms with Crippen LogP contribution in [0.5, 0.6) is 23.0 Å². The predicted octanol–water partition coefficient (Wildman–Crippen LogP) is 11.1. The summed E-state index contributed by atoms with van der Waals surface area (Å²) in [7, 11) is 0. The second kappa shape index (κ2) is 19.2. The molecule has 0 amide bonds. The maximum Gasteiger partial charge on any atom is 0.181 e. The van der Waals surface area contributed by atoms with Gasteiger partial charge in [-0.3, -0.25) is 5.01 Å². The first-order valence-electron chi connectivity index (χ1n) is 18.1. The quantitative estimate of drug-likeness (QED) is 0.0379. The molecule has 0 N–H and O–H groups in total. The topological polar surface area (TPSA) is 71.0 Å². The molecule has 0 bridgehead atoms. The minimum absolute atomic E-state index is 0.191. The summed E-state index contributed by atoms with van der Waals surface area (Å²) in [5, 5.41) is 6.71. The smallest absolute Gasteiger partial charge is 0.181 e. The number of ether oxygens (including phenoxy) is 6. The SMILES string of the molecule is C=COCCC(C=Cc1sc(C=Cc2ccc(C=Cc3sc(C=NN(CCOC=C)c4ccccc4)c4c3OCCO4)s2)c2c1OCCO2)c1ccccc1. The molecule has 282 valence electrons. The van der Waals surface area contributed by atoms with Gasteiger partial charge >= 0.3 is 0 Å². The summed E-state index contributed by atoms with van der Waals surface area (Å²) in [4.78, 5) is 6.19. The average Bonchev–Trinajstić information content (AvgIpc) is 3.95. The minimum atomic E-state index is 0.191. The monoisotopic (exact) mass is 790 g/mol. The third-order valence-corrected chi connectivity index (χ3v) is 11.8. The summed E-state index contributed by atoms with van der Waals surface area (Å²) in [6.07, 6.45) is 18.5. The van der Waals surface area contributed by atoms with E-state index in [2.05, 4.69) is 86.0 Å². The third kappa shape index (κ3) is 9.79. The number of benzene rings is 2. The van der Waals surface area contributed by atoms with Crippen molar-refractivity contribution in [1.29, 1.82) is 0 Å². The van der Waals surface area contributed by atoms with E-state index in [0.717, 1.165) is 64.4 Å². The first-order valence-corrected chi connectivity index (χ1v) is 20.5. The molecule has 7 rings (SSSR count). The van der Waals surface area contributed by atoms with Crippen LogP contribution in [0.4, 0.5) is 5.69 Å². The largest absolute Gasteiger partial charge is 0.502 e. The zero-order valence-electron chi connectivity index (χ0n) is 30.3. The molecule has 55 heavy (non-hydrogen) atoms. The van der Waals surface area contributed by atoms with Crippen LogP contribution in [0.25, 0.3) is 30.4 Å². The van der Waals surface area contributed by atoms with Crippen molar-refractivity contribution in [2.75, 3.05) is 51.2 Å². The molecule has 2 aliphatic rings. The number of thiophene rings is 3. The van der Waals surface area contributed by atoms with E-state index in [1.54, 1.807) is 34.0 Å². The van der Waals surface area contributed by atoms with Crippen LogP contribution in [0.15, 0.2) is 110 Å². The lowest BCUT2D eigenvalue weighted by atomic mass is 9.95. The molecule has 3 aromatic heterocycles. The van der Waals surface area contributed by atoms with E-state index in [-0.39, 0.29) is 5.92 Å². The van der Waals surface area contributed by atoms with Gasteiger partial charge in [0, 0.05) is 15.7 Å². The lowest BCUT2D eigenvalue weighted by Crippen LogP contribution is -2.21. The van der Waals surface area contributed by atoms with Gasteiger partial charge in [0.15, 0.2) is 23.0 Å². The molecule has 0 saturated heterocycles. The number of anilines is 1. The van der Waals surface area contributed by atoms with Crippen LogP contribution in [0.3, 0.4) is 0 Å². The fourth-order valence-electron chi connectivity index (χ4n) is 6.02. The van der Waals surface area contributed by atoms with Crippen molar-refractivity contribution >= 4 is 76.3 Å². The van der Waals surface area contributed by atoms with Crippen molar-refractivity contribution in [3.8, 4) is 23.0 Å². The van der Waals surface area contributed by atoms with E-state index in [1.165, 1.54) is 18.1 Å². The molecule has 1 unspecified atom stereocenters. The molecule has 1 atom stereocenters. The lowest BCUT2D eigenvalue weighted by molar-refractivity contribution is 0.173. The van der Waals surface area contributed by atoms with Crippen LogP contribution in [-0.4, -0.2) is 52.4 Å². The number of para-hydroxylation sites is 1. The Kier molecular flexibility index (Phi) is 13.2. The Morgan fingerprint density at radius 2 is 1.15 bits per heavy atom. The summed E-state index contributed by atoms with van der Waals surface area (Å²) in [5.41, 5.74) is 2.20. The Bertz CT molecular complexity index is 2000. The Morgan fingerprint density at radius 1 is 0.618 bits per heavy atom. The first kappa shape index (κ1) is 37.8. The molecule has 2 aliphatic heterocycles. The van der Waals surface area contributed by atoms with E-state index in [0.29, 0.717) is 46.2 Å². The van der Waals surface area contributed by atoms with Crippen LogP contribution in [-0.2, 0) is 9.47 Å². The van der Waals surface area contributed by atoms with Crippen molar-refractivity contribution in [3.05, 3.63) is 139 Å². The fraction of sp³-hybridized carbons (Fsp3) is 0.205. The first-order chi connectivity index (χ1) is 27.2. The second-order valence-corrected chi connectivity index (χ2v) is 15.5. The second-order valence-electron chi connectivity index (χ2n) is 12.2. The van der Waals surface area contributed by atoms with E-state index >= 15 is 0 Å². The molecule has 5 heterocycles. The number of rotatable bonds is 18. The van der Waals surface area contributed by atoms with E-state index in [9.17, 15) is 0 Å². The normalized spacial score (nSPS) is 14.2. The highest BCUT2D eigenvalue weighted by Gasteiger charge is 2.24. The van der Waals surface area contributed by atoms with Gasteiger partial charge in [0.05, 0.1) is 57.1 Å². The van der Waals surface area contributed by atoms with Crippen molar-refractivity contribution in [3.63, 3.8) is 0 Å². The average molecular weight is 791 g/mol. The molecular formula is C44H42N2O6S3. The summed E-state index contributed by atoms with van der Waals surface area (Å²) in [6, 6.07) is 24.7. The Labute approximate surface area is 334 Å². The fourth-order valence-corrected chi connectivity index (χ4v) is 8.81.